The molecule has 0 aliphatic heterocycles. The van der Waals surface area contributed by atoms with Gasteiger partial charge in [-0.25, -0.2) is 4.57 Å². The number of ether oxygens (including phenoxy) is 2. The predicted molar refractivity (Wildman–Crippen MR) is 227 cm³/mol. The number of phosphoric ester groups is 1. The molecule has 0 bridgehead atoms. The third-order valence-corrected chi connectivity index (χ3v) is 9.43. The van der Waals surface area contributed by atoms with Crippen LogP contribution in [0.4, 0.5) is 0 Å². The van der Waals surface area contributed by atoms with E-state index in [0.29, 0.717) is 19.3 Å². The summed E-state index contributed by atoms with van der Waals surface area (Å²) in [6.07, 6.45) is 44.1. The van der Waals surface area contributed by atoms with E-state index in [1.165, 1.54) is 19.3 Å². The Bertz CT molecular complexity index is 1240. The van der Waals surface area contributed by atoms with Crippen LogP contribution in [0.5, 0.6) is 0 Å². The van der Waals surface area contributed by atoms with E-state index in [4.69, 9.17) is 29.9 Å². The number of aliphatic hydroxyl groups excluding tert-OH is 1. The largest absolute Gasteiger partial charge is 0.480 e. The van der Waals surface area contributed by atoms with Gasteiger partial charge in [0.1, 0.15) is 12.6 Å². The number of rotatable bonds is 39. The highest BCUT2D eigenvalue weighted by Gasteiger charge is 2.28. The van der Waals surface area contributed by atoms with Gasteiger partial charge in [-0.05, 0) is 89.9 Å². The number of aliphatic hydroxyl groups is 1. The molecule has 0 fully saturated rings. The Morgan fingerprint density at radius 1 is 0.579 bits per heavy atom. The first-order valence-electron chi connectivity index (χ1n) is 21.1. The number of aliphatic carboxylic acids is 1. The summed E-state index contributed by atoms with van der Waals surface area (Å²) >= 11 is 0. The van der Waals surface area contributed by atoms with Crippen molar-refractivity contribution in [2.75, 3.05) is 26.4 Å². The molecule has 0 aromatic heterocycles. The minimum absolute atomic E-state index is 0.0687. The number of hydrogen-bond donors (Lipinski definition) is 4. The van der Waals surface area contributed by atoms with Gasteiger partial charge >= 0.3 is 25.7 Å². The van der Waals surface area contributed by atoms with Gasteiger partial charge in [-0.1, -0.05) is 118 Å². The van der Waals surface area contributed by atoms with Gasteiger partial charge < -0.3 is 30.3 Å². The maximum absolute atomic E-state index is 12.6. The molecule has 0 aromatic carbocycles. The molecule has 0 heterocycles. The SMILES string of the molecule is CCCCC/C=C\C/C=C\CCCCCCCC(=O)OC[C@H](COP(=O)(O)OC[C@H](N)C(=O)O)OC(=O)CCC/C=C\C/C=C\C/C=C\C/C=C\CCCCCO. The number of carbonyl (C=O) groups excluding carboxylic acids is 2. The molecule has 326 valence electrons. The summed E-state index contributed by atoms with van der Waals surface area (Å²) in [6, 6.07) is -1.54. The molecular formula is C44H74NO11P. The van der Waals surface area contributed by atoms with Gasteiger partial charge in [0.2, 0.25) is 0 Å². The topological polar surface area (TPSA) is 192 Å². The first-order chi connectivity index (χ1) is 27.6. The van der Waals surface area contributed by atoms with Crippen molar-refractivity contribution in [3.63, 3.8) is 0 Å². The molecule has 1 unspecified atom stereocenters. The van der Waals surface area contributed by atoms with Crippen LogP contribution in [0.25, 0.3) is 0 Å². The van der Waals surface area contributed by atoms with Gasteiger partial charge in [-0.15, -0.1) is 0 Å². The molecule has 0 saturated carbocycles. The van der Waals surface area contributed by atoms with Crippen LogP contribution in [0.1, 0.15) is 148 Å². The van der Waals surface area contributed by atoms with Crippen molar-refractivity contribution in [2.45, 2.75) is 160 Å². The van der Waals surface area contributed by atoms with Gasteiger partial charge in [0.15, 0.2) is 6.10 Å². The van der Waals surface area contributed by atoms with E-state index in [2.05, 4.69) is 72.2 Å². The second-order valence-corrected chi connectivity index (χ2v) is 15.3. The van der Waals surface area contributed by atoms with E-state index in [0.717, 1.165) is 89.9 Å². The monoisotopic (exact) mass is 823 g/mol. The summed E-state index contributed by atoms with van der Waals surface area (Å²) < 4.78 is 32.6. The second kappa shape index (κ2) is 39.7. The number of nitrogens with two attached hydrogens (primary N) is 1. The van der Waals surface area contributed by atoms with Crippen LogP contribution in [0, 0.1) is 0 Å². The van der Waals surface area contributed by atoms with Crippen molar-refractivity contribution >= 4 is 25.7 Å². The summed E-state index contributed by atoms with van der Waals surface area (Å²) in [5.74, 6) is -2.50. The lowest BCUT2D eigenvalue weighted by atomic mass is 10.1. The fraction of sp³-hybridized carbons (Fsp3) is 0.659. The van der Waals surface area contributed by atoms with E-state index < -0.39 is 51.1 Å². The number of unbranched alkanes of at least 4 members (excludes halogenated alkanes) is 12. The number of carbonyl (C=O) groups is 3. The van der Waals surface area contributed by atoms with Crippen LogP contribution in [0.3, 0.4) is 0 Å². The summed E-state index contributed by atoms with van der Waals surface area (Å²) in [6.45, 7) is 0.690. The van der Waals surface area contributed by atoms with Crippen molar-refractivity contribution in [3.8, 4) is 0 Å². The highest BCUT2D eigenvalue weighted by atomic mass is 31.2. The lowest BCUT2D eigenvalue weighted by molar-refractivity contribution is -0.161. The molecule has 12 nitrogen and oxygen atoms in total. The molecular weight excluding hydrogens is 749 g/mol. The quantitative estimate of drug-likeness (QED) is 0.0199. The zero-order valence-electron chi connectivity index (χ0n) is 34.6. The molecule has 0 saturated heterocycles. The van der Waals surface area contributed by atoms with Crippen LogP contribution < -0.4 is 5.73 Å². The normalized spacial score (nSPS) is 14.5. The molecule has 13 heteroatoms. The van der Waals surface area contributed by atoms with Crippen LogP contribution in [0.15, 0.2) is 72.9 Å². The predicted octanol–water partition coefficient (Wildman–Crippen LogP) is 9.92. The minimum atomic E-state index is -4.74. The van der Waals surface area contributed by atoms with Crippen molar-refractivity contribution in [2.24, 2.45) is 5.73 Å². The minimum Gasteiger partial charge on any atom is -0.480 e. The Hall–Kier alpha value is -3.12. The van der Waals surface area contributed by atoms with E-state index in [1.807, 2.05) is 12.2 Å². The van der Waals surface area contributed by atoms with Crippen molar-refractivity contribution in [1.82, 2.24) is 0 Å². The van der Waals surface area contributed by atoms with Crippen LogP contribution in [-0.4, -0.2) is 71.6 Å². The highest BCUT2D eigenvalue weighted by Crippen LogP contribution is 2.43. The van der Waals surface area contributed by atoms with Gasteiger partial charge in [0.25, 0.3) is 0 Å². The fourth-order valence-electron chi connectivity index (χ4n) is 5.12. The number of allylic oxidation sites excluding steroid dienone is 12. The Morgan fingerprint density at radius 3 is 1.54 bits per heavy atom. The van der Waals surface area contributed by atoms with Crippen molar-refractivity contribution < 1.29 is 52.6 Å². The number of carboxylic acid groups (broad SMARTS) is 1. The molecule has 57 heavy (non-hydrogen) atoms. The van der Waals surface area contributed by atoms with E-state index in [1.54, 1.807) is 0 Å². The van der Waals surface area contributed by atoms with Crippen molar-refractivity contribution in [1.29, 1.82) is 0 Å². The molecule has 0 aromatic rings. The Kier molecular flexibility index (Phi) is 37.5. The molecule has 0 rings (SSSR count). The first-order valence-corrected chi connectivity index (χ1v) is 22.6. The Morgan fingerprint density at radius 2 is 1.02 bits per heavy atom. The lowest BCUT2D eigenvalue weighted by Gasteiger charge is -2.20. The summed E-state index contributed by atoms with van der Waals surface area (Å²) in [5, 5.41) is 17.7. The fourth-order valence-corrected chi connectivity index (χ4v) is 5.90. The number of carboxylic acids is 1. The lowest BCUT2D eigenvalue weighted by Crippen LogP contribution is -2.34. The van der Waals surface area contributed by atoms with E-state index >= 15 is 0 Å². The molecule has 0 aliphatic rings. The molecule has 0 spiro atoms. The number of esters is 2. The van der Waals surface area contributed by atoms with E-state index in [-0.39, 0.29) is 26.1 Å². The molecule has 0 radical (unpaired) electrons. The Balaban J connectivity index is 4.52. The third-order valence-electron chi connectivity index (χ3n) is 8.48. The highest BCUT2D eigenvalue weighted by molar-refractivity contribution is 7.47. The van der Waals surface area contributed by atoms with Crippen LogP contribution in [0.2, 0.25) is 0 Å². The van der Waals surface area contributed by atoms with Gasteiger partial charge in [0.05, 0.1) is 13.2 Å². The zero-order chi connectivity index (χ0) is 42.1. The average molecular weight is 824 g/mol. The second-order valence-electron chi connectivity index (χ2n) is 13.8. The first kappa shape index (κ1) is 53.9. The average Bonchev–Trinajstić information content (AvgIpc) is 3.19. The zero-order valence-corrected chi connectivity index (χ0v) is 35.5. The van der Waals surface area contributed by atoms with Gasteiger partial charge in [-0.3, -0.25) is 23.4 Å². The van der Waals surface area contributed by atoms with Crippen LogP contribution in [-0.2, 0) is 37.5 Å². The smallest absolute Gasteiger partial charge is 0.472 e. The third kappa shape index (κ3) is 39.5. The molecule has 5 N–H and O–H groups in total. The maximum atomic E-state index is 12.6. The summed E-state index contributed by atoms with van der Waals surface area (Å²) in [5.41, 5.74) is 5.32. The maximum Gasteiger partial charge on any atom is 0.472 e. The van der Waals surface area contributed by atoms with Crippen LogP contribution >= 0.6 is 7.82 Å². The number of phosphoric acid groups is 1. The summed E-state index contributed by atoms with van der Waals surface area (Å²) in [4.78, 5) is 45.9. The Labute approximate surface area is 343 Å². The van der Waals surface area contributed by atoms with Gasteiger partial charge in [0, 0.05) is 19.4 Å². The molecule has 3 atom stereocenters. The summed E-state index contributed by atoms with van der Waals surface area (Å²) in [7, 11) is -4.74. The molecule has 0 aliphatic carbocycles. The van der Waals surface area contributed by atoms with Crippen molar-refractivity contribution in [3.05, 3.63) is 72.9 Å². The standard InChI is InChI=1S/C44H74NO11P/c1-2-3-4-5-6-7-8-9-13-16-19-22-25-28-31-34-42(47)53-37-40(38-54-57(51,52)55-39-41(45)44(49)50)56-43(48)35-32-29-26-23-20-17-14-11-10-12-15-18-21-24-27-30-33-36-46/h6-7,9-10,12-14,17-18,21,23,26,40-41,46H,2-5,8,11,15-16,19-20,22,24-25,27-39,45H2,1H3,(H,49,50)(H,51,52)/b7-6-,12-10-,13-9-,17-14-,21-18-,26-23-/t40-,41+/m1/s1. The number of hydrogen-bond acceptors (Lipinski definition) is 10. The van der Waals surface area contributed by atoms with Gasteiger partial charge in [-0.2, -0.15) is 0 Å². The molecule has 0 amide bonds. The van der Waals surface area contributed by atoms with E-state index in [9.17, 15) is 23.8 Å².